The maximum atomic E-state index is 5.21. The summed E-state index contributed by atoms with van der Waals surface area (Å²) in [6, 6.07) is 28.1. The van der Waals surface area contributed by atoms with Gasteiger partial charge < -0.3 is 10.6 Å². The van der Waals surface area contributed by atoms with Gasteiger partial charge in [-0.15, -0.1) is 0 Å². The third kappa shape index (κ3) is 9.18. The normalized spacial score (nSPS) is 13.9. The molecule has 0 heterocycles. The summed E-state index contributed by atoms with van der Waals surface area (Å²) in [6.07, 6.45) is 7.75. The van der Waals surface area contributed by atoms with Crippen LogP contribution < -0.4 is 10.6 Å². The van der Waals surface area contributed by atoms with Gasteiger partial charge in [0.15, 0.2) is 0 Å². The highest BCUT2D eigenvalue weighted by Gasteiger charge is 2.21. The van der Waals surface area contributed by atoms with Gasteiger partial charge >= 0.3 is 0 Å². The number of nitrogens with two attached hydrogens (primary N) is 1. The largest absolute Gasteiger partial charge is 0.344 e. The molecule has 1 aliphatic rings. The predicted octanol–water partition coefficient (Wildman–Crippen LogP) is 8.09. The van der Waals surface area contributed by atoms with Crippen LogP contribution in [-0.2, 0) is 6.54 Å². The Hall–Kier alpha value is -3.37. The number of para-hydroxylation sites is 1. The summed E-state index contributed by atoms with van der Waals surface area (Å²) in [6.45, 7) is 9.01. The van der Waals surface area contributed by atoms with Crippen molar-refractivity contribution in [1.82, 2.24) is 5.01 Å². The fourth-order valence-electron chi connectivity index (χ4n) is 4.88. The van der Waals surface area contributed by atoms with Crippen molar-refractivity contribution in [1.29, 1.82) is 0 Å². The Morgan fingerprint density at radius 3 is 2.13 bits per heavy atom. The lowest BCUT2D eigenvalue weighted by Gasteiger charge is -2.27. The molecule has 0 aliphatic heterocycles. The summed E-state index contributed by atoms with van der Waals surface area (Å²) in [5.74, 6) is 0.723. The van der Waals surface area contributed by atoms with Crippen molar-refractivity contribution in [3.63, 3.8) is 0 Å². The predicted molar refractivity (Wildman–Crippen MR) is 165 cm³/mol. The standard InChI is InChI=1S/C30H37N3.C4H9N/c1-24-18-20-27(21-19-24)33(3)30-17-11-10-16-28(30)29(22-25-12-6-4-7-13-25)31-32(2)23-26-14-8-5-9-15-26;1-4(2)3-5/h5,8-11,14-21,25H,4,6-7,12-13,22-23H2,1-3H3;1,3,5H2,2H3/b31-29-;. The number of rotatable bonds is 9. The fourth-order valence-corrected chi connectivity index (χ4v) is 4.88. The third-order valence-electron chi connectivity index (χ3n) is 7.10. The summed E-state index contributed by atoms with van der Waals surface area (Å²) in [5.41, 5.74) is 13.5. The molecule has 0 bridgehead atoms. The second-order valence-corrected chi connectivity index (χ2v) is 10.6. The first kappa shape index (κ1) is 29.2. The molecule has 4 heteroatoms. The average Bonchev–Trinajstić information content (AvgIpc) is 2.94. The molecule has 3 aromatic rings. The maximum absolute atomic E-state index is 5.21. The summed E-state index contributed by atoms with van der Waals surface area (Å²) in [7, 11) is 4.26. The molecule has 202 valence electrons. The second kappa shape index (κ2) is 15.1. The molecule has 4 rings (SSSR count). The Morgan fingerprint density at radius 2 is 1.50 bits per heavy atom. The average molecular weight is 511 g/mol. The van der Waals surface area contributed by atoms with E-state index in [4.69, 9.17) is 10.8 Å². The molecular weight excluding hydrogens is 464 g/mol. The van der Waals surface area contributed by atoms with Crippen LogP contribution in [0.3, 0.4) is 0 Å². The number of anilines is 2. The topological polar surface area (TPSA) is 44.9 Å². The van der Waals surface area contributed by atoms with Crippen molar-refractivity contribution in [3.05, 3.63) is 108 Å². The molecule has 3 aromatic carbocycles. The zero-order chi connectivity index (χ0) is 27.3. The van der Waals surface area contributed by atoms with Crippen LogP contribution in [0.5, 0.6) is 0 Å². The van der Waals surface area contributed by atoms with Crippen LogP contribution in [0.1, 0.15) is 62.1 Å². The molecule has 1 saturated carbocycles. The first-order valence-electron chi connectivity index (χ1n) is 13.9. The molecule has 1 fully saturated rings. The number of benzene rings is 3. The smallest absolute Gasteiger partial charge is 0.0701 e. The highest BCUT2D eigenvalue weighted by Crippen LogP contribution is 2.32. The van der Waals surface area contributed by atoms with Crippen LogP contribution >= 0.6 is 0 Å². The van der Waals surface area contributed by atoms with E-state index < -0.39 is 0 Å². The molecule has 0 amide bonds. The fraction of sp³-hybridized carbons (Fsp3) is 0.382. The minimum atomic E-state index is 0.611. The lowest BCUT2D eigenvalue weighted by atomic mass is 9.84. The van der Waals surface area contributed by atoms with Gasteiger partial charge in [-0.05, 0) is 49.9 Å². The van der Waals surface area contributed by atoms with Crippen molar-refractivity contribution < 1.29 is 0 Å². The SMILES string of the molecule is C=C(C)CN.Cc1ccc(N(C)c2ccccc2/C(CC2CCCCC2)=N\N(C)Cc2ccccc2)cc1. The van der Waals surface area contributed by atoms with Crippen molar-refractivity contribution in [2.75, 3.05) is 25.5 Å². The molecule has 1 aliphatic carbocycles. The number of hydrogen-bond donors (Lipinski definition) is 1. The molecule has 0 saturated heterocycles. The first-order chi connectivity index (χ1) is 18.4. The number of hydrazone groups is 1. The Bertz CT molecular complexity index is 1140. The molecule has 0 radical (unpaired) electrons. The Labute approximate surface area is 230 Å². The highest BCUT2D eigenvalue weighted by molar-refractivity contribution is 6.05. The van der Waals surface area contributed by atoms with Crippen LogP contribution in [0.4, 0.5) is 11.4 Å². The van der Waals surface area contributed by atoms with Gasteiger partial charge in [-0.1, -0.05) is 110 Å². The van der Waals surface area contributed by atoms with Gasteiger partial charge in [0, 0.05) is 31.9 Å². The molecule has 0 atom stereocenters. The van der Waals surface area contributed by atoms with E-state index in [2.05, 4.69) is 116 Å². The van der Waals surface area contributed by atoms with Crippen LogP contribution in [-0.4, -0.2) is 31.4 Å². The number of aryl methyl sites for hydroxylation is 1. The minimum Gasteiger partial charge on any atom is -0.344 e. The van der Waals surface area contributed by atoms with Gasteiger partial charge in [0.05, 0.1) is 17.9 Å². The lowest BCUT2D eigenvalue weighted by Crippen LogP contribution is -2.21. The van der Waals surface area contributed by atoms with E-state index in [1.54, 1.807) is 0 Å². The maximum Gasteiger partial charge on any atom is 0.0701 e. The molecule has 4 nitrogen and oxygen atoms in total. The summed E-state index contributed by atoms with van der Waals surface area (Å²) in [4.78, 5) is 2.29. The molecule has 0 spiro atoms. The van der Waals surface area contributed by atoms with Crippen LogP contribution in [0, 0.1) is 12.8 Å². The van der Waals surface area contributed by atoms with E-state index >= 15 is 0 Å². The zero-order valence-electron chi connectivity index (χ0n) is 23.9. The van der Waals surface area contributed by atoms with E-state index in [9.17, 15) is 0 Å². The summed E-state index contributed by atoms with van der Waals surface area (Å²) in [5, 5.41) is 7.32. The van der Waals surface area contributed by atoms with E-state index in [1.807, 2.05) is 6.92 Å². The zero-order valence-corrected chi connectivity index (χ0v) is 23.9. The van der Waals surface area contributed by atoms with Crippen LogP contribution in [0.15, 0.2) is 96.1 Å². The Kier molecular flexibility index (Phi) is 11.6. The molecule has 2 N–H and O–H groups in total. The molecule has 0 unspecified atom stereocenters. The van der Waals surface area contributed by atoms with E-state index in [-0.39, 0.29) is 0 Å². The quantitative estimate of drug-likeness (QED) is 0.180. The monoisotopic (exact) mass is 510 g/mol. The van der Waals surface area contributed by atoms with E-state index in [0.717, 1.165) is 24.5 Å². The molecular formula is C34H46N4. The number of hydrogen-bond acceptors (Lipinski definition) is 4. The minimum absolute atomic E-state index is 0.611. The summed E-state index contributed by atoms with van der Waals surface area (Å²) < 4.78 is 0. The summed E-state index contributed by atoms with van der Waals surface area (Å²) >= 11 is 0. The van der Waals surface area contributed by atoms with Gasteiger partial charge in [0.2, 0.25) is 0 Å². The number of nitrogens with zero attached hydrogens (tertiary/aromatic N) is 3. The van der Waals surface area contributed by atoms with Gasteiger partial charge in [-0.3, -0.25) is 5.01 Å². The van der Waals surface area contributed by atoms with Crippen molar-refractivity contribution in [2.24, 2.45) is 16.8 Å². The first-order valence-corrected chi connectivity index (χ1v) is 13.9. The van der Waals surface area contributed by atoms with Gasteiger partial charge in [0.25, 0.3) is 0 Å². The third-order valence-corrected chi connectivity index (χ3v) is 7.10. The Balaban J connectivity index is 0.000000732. The highest BCUT2D eigenvalue weighted by atomic mass is 15.4. The van der Waals surface area contributed by atoms with E-state index in [1.165, 1.54) is 65.9 Å². The van der Waals surface area contributed by atoms with Gasteiger partial charge in [0.1, 0.15) is 0 Å². The van der Waals surface area contributed by atoms with Crippen molar-refractivity contribution >= 4 is 17.1 Å². The lowest BCUT2D eigenvalue weighted by molar-refractivity contribution is 0.337. The van der Waals surface area contributed by atoms with Gasteiger partial charge in [-0.25, -0.2) is 0 Å². The van der Waals surface area contributed by atoms with E-state index in [0.29, 0.717) is 6.54 Å². The molecule has 38 heavy (non-hydrogen) atoms. The van der Waals surface area contributed by atoms with Crippen molar-refractivity contribution in [2.45, 2.75) is 58.9 Å². The van der Waals surface area contributed by atoms with Crippen LogP contribution in [0.25, 0.3) is 0 Å². The van der Waals surface area contributed by atoms with Crippen LogP contribution in [0.2, 0.25) is 0 Å². The Morgan fingerprint density at radius 1 is 0.895 bits per heavy atom. The van der Waals surface area contributed by atoms with Crippen molar-refractivity contribution in [3.8, 4) is 0 Å². The second-order valence-electron chi connectivity index (χ2n) is 10.6. The van der Waals surface area contributed by atoms with Gasteiger partial charge in [-0.2, -0.15) is 5.10 Å². The molecule has 0 aromatic heterocycles.